The van der Waals surface area contributed by atoms with E-state index in [0.29, 0.717) is 5.82 Å². The van der Waals surface area contributed by atoms with E-state index in [2.05, 4.69) is 10.6 Å². The lowest BCUT2D eigenvalue weighted by atomic mass is 9.86. The quantitative estimate of drug-likeness (QED) is 0.573. The Morgan fingerprint density at radius 2 is 1.94 bits per heavy atom. The summed E-state index contributed by atoms with van der Waals surface area (Å²) in [6.07, 6.45) is 1.87. The van der Waals surface area contributed by atoms with E-state index >= 15 is 0 Å². The summed E-state index contributed by atoms with van der Waals surface area (Å²) in [6.45, 7) is 11.5. The largest absolute Gasteiger partial charge is 0.362 e. The van der Waals surface area contributed by atoms with Gasteiger partial charge < -0.3 is 10.6 Å². The van der Waals surface area contributed by atoms with Gasteiger partial charge in [0, 0.05) is 11.2 Å². The van der Waals surface area contributed by atoms with Gasteiger partial charge in [0.05, 0.1) is 10.3 Å². The van der Waals surface area contributed by atoms with Crippen molar-refractivity contribution in [3.63, 3.8) is 0 Å². The first kappa shape index (κ1) is 13.5. The van der Waals surface area contributed by atoms with E-state index < -0.39 is 5.41 Å². The highest BCUT2D eigenvalue weighted by Gasteiger charge is 2.39. The van der Waals surface area contributed by atoms with Crippen LogP contribution in [0.5, 0.6) is 0 Å². The van der Waals surface area contributed by atoms with Crippen LogP contribution in [0.15, 0.2) is 23.3 Å². The zero-order valence-corrected chi connectivity index (χ0v) is 11.3. The number of nitrogens with one attached hydrogen (secondary N) is 2. The second kappa shape index (κ2) is 4.05. The van der Waals surface area contributed by atoms with Gasteiger partial charge in [-0.1, -0.05) is 0 Å². The number of hydrogen-bond donors (Lipinski definition) is 2. The monoisotopic (exact) mass is 239 g/mol. The van der Waals surface area contributed by atoms with Crippen LogP contribution in [0.1, 0.15) is 41.5 Å². The lowest BCUT2D eigenvalue weighted by molar-refractivity contribution is -0.439. The highest BCUT2D eigenvalue weighted by Crippen LogP contribution is 2.34. The molecule has 0 unspecified atom stereocenters. The minimum absolute atomic E-state index is 0.179. The van der Waals surface area contributed by atoms with E-state index in [-0.39, 0.29) is 16.2 Å². The molecule has 0 aromatic carbocycles. The molecule has 0 atom stereocenters. The molecule has 1 heterocycles. The van der Waals surface area contributed by atoms with Gasteiger partial charge >= 0.3 is 0 Å². The van der Waals surface area contributed by atoms with Crippen LogP contribution in [0.3, 0.4) is 0 Å². The second-order valence-electron chi connectivity index (χ2n) is 6.03. The standard InChI is InChI=1S/C12H21N3O2/c1-8-7-12(5,6)9(15(16)17)10(13-8)14-11(2,3)4/h7,13-14H,1-6H3. The highest BCUT2D eigenvalue weighted by atomic mass is 16.6. The zero-order chi connectivity index (χ0) is 13.4. The maximum absolute atomic E-state index is 11.2. The zero-order valence-electron chi connectivity index (χ0n) is 11.3. The molecule has 2 N–H and O–H groups in total. The Hall–Kier alpha value is -1.52. The Labute approximate surface area is 102 Å². The third-order valence-electron chi connectivity index (χ3n) is 2.43. The average molecular weight is 239 g/mol. The van der Waals surface area contributed by atoms with Crippen LogP contribution in [-0.4, -0.2) is 10.5 Å². The molecular formula is C12H21N3O2. The predicted octanol–water partition coefficient (Wildman–Crippen LogP) is 2.35. The molecule has 0 amide bonds. The minimum Gasteiger partial charge on any atom is -0.362 e. The van der Waals surface area contributed by atoms with Gasteiger partial charge in [-0.3, -0.25) is 10.1 Å². The van der Waals surface area contributed by atoms with Crippen LogP contribution in [0.25, 0.3) is 0 Å². The Bertz CT molecular complexity index is 400. The third-order valence-corrected chi connectivity index (χ3v) is 2.43. The van der Waals surface area contributed by atoms with Gasteiger partial charge in [0.1, 0.15) is 0 Å². The molecule has 96 valence electrons. The number of nitrogens with zero attached hydrogens (tertiary/aromatic N) is 1. The molecule has 0 fully saturated rings. The van der Waals surface area contributed by atoms with Gasteiger partial charge in [-0.2, -0.15) is 0 Å². The summed E-state index contributed by atoms with van der Waals surface area (Å²) in [7, 11) is 0. The fourth-order valence-corrected chi connectivity index (χ4v) is 2.02. The number of allylic oxidation sites excluding steroid dienone is 2. The maximum Gasteiger partial charge on any atom is 0.295 e. The Kier molecular flexibility index (Phi) is 3.23. The first-order valence-corrected chi connectivity index (χ1v) is 5.67. The lowest BCUT2D eigenvalue weighted by Crippen LogP contribution is -2.44. The number of rotatable bonds is 2. The number of dihydropyridines is 1. The Morgan fingerprint density at radius 1 is 1.41 bits per heavy atom. The van der Waals surface area contributed by atoms with Gasteiger partial charge in [0.25, 0.3) is 5.70 Å². The smallest absolute Gasteiger partial charge is 0.295 e. The summed E-state index contributed by atoms with van der Waals surface area (Å²) in [5, 5.41) is 17.4. The lowest BCUT2D eigenvalue weighted by Gasteiger charge is -2.31. The molecule has 0 aromatic heterocycles. The van der Waals surface area contributed by atoms with E-state index in [1.165, 1.54) is 0 Å². The Balaban J connectivity index is 3.23. The molecule has 0 aromatic rings. The molecule has 1 rings (SSSR count). The summed E-state index contributed by atoms with van der Waals surface area (Å²) in [5.74, 6) is 0.493. The van der Waals surface area contributed by atoms with Crippen LogP contribution >= 0.6 is 0 Å². The van der Waals surface area contributed by atoms with Gasteiger partial charge in [-0.15, -0.1) is 0 Å². The van der Waals surface area contributed by atoms with Crippen molar-refractivity contribution in [1.29, 1.82) is 0 Å². The molecule has 0 aliphatic carbocycles. The maximum atomic E-state index is 11.2. The van der Waals surface area contributed by atoms with Crippen LogP contribution in [0, 0.1) is 15.5 Å². The van der Waals surface area contributed by atoms with Crippen LogP contribution in [0.4, 0.5) is 0 Å². The van der Waals surface area contributed by atoms with E-state index in [9.17, 15) is 10.1 Å². The molecule has 0 spiro atoms. The average Bonchev–Trinajstić information content (AvgIpc) is 1.93. The molecule has 0 saturated carbocycles. The first-order chi connectivity index (χ1) is 7.53. The molecule has 1 aliphatic heterocycles. The minimum atomic E-state index is -0.577. The highest BCUT2D eigenvalue weighted by molar-refractivity contribution is 5.28. The van der Waals surface area contributed by atoms with E-state index in [1.54, 1.807) is 0 Å². The van der Waals surface area contributed by atoms with E-state index in [1.807, 2.05) is 47.6 Å². The summed E-state index contributed by atoms with van der Waals surface area (Å²) in [6, 6.07) is 0. The summed E-state index contributed by atoms with van der Waals surface area (Å²) in [5.41, 5.74) is 0.300. The van der Waals surface area contributed by atoms with E-state index in [0.717, 1.165) is 5.70 Å². The van der Waals surface area contributed by atoms with Gasteiger partial charge in [0.15, 0.2) is 5.82 Å². The predicted molar refractivity (Wildman–Crippen MR) is 67.6 cm³/mol. The molecular weight excluding hydrogens is 218 g/mol. The molecule has 0 bridgehead atoms. The van der Waals surface area contributed by atoms with Crippen molar-refractivity contribution in [3.05, 3.63) is 33.4 Å². The number of hydrogen-bond acceptors (Lipinski definition) is 4. The van der Waals surface area contributed by atoms with Crippen molar-refractivity contribution >= 4 is 0 Å². The normalized spacial score (nSPS) is 19.5. The molecule has 5 nitrogen and oxygen atoms in total. The van der Waals surface area contributed by atoms with Crippen LogP contribution in [0.2, 0.25) is 0 Å². The summed E-state index contributed by atoms with van der Waals surface area (Å²) >= 11 is 0. The topological polar surface area (TPSA) is 67.2 Å². The fourth-order valence-electron chi connectivity index (χ4n) is 2.02. The molecule has 1 aliphatic rings. The van der Waals surface area contributed by atoms with E-state index in [4.69, 9.17) is 0 Å². The SMILES string of the molecule is CC1=CC(C)(C)C([N+](=O)[O-])=C(NC(C)(C)C)N1. The fraction of sp³-hybridized carbons (Fsp3) is 0.667. The Morgan fingerprint density at radius 3 is 2.35 bits per heavy atom. The third kappa shape index (κ3) is 3.22. The molecule has 5 heteroatoms. The molecule has 0 radical (unpaired) electrons. The van der Waals surface area contributed by atoms with Crippen molar-refractivity contribution < 1.29 is 4.92 Å². The van der Waals surface area contributed by atoms with Crippen LogP contribution in [-0.2, 0) is 0 Å². The van der Waals surface area contributed by atoms with Crippen molar-refractivity contribution in [2.75, 3.05) is 0 Å². The second-order valence-corrected chi connectivity index (χ2v) is 6.03. The van der Waals surface area contributed by atoms with Crippen molar-refractivity contribution in [2.45, 2.75) is 47.1 Å². The van der Waals surface area contributed by atoms with Gasteiger partial charge in [0.2, 0.25) is 0 Å². The summed E-state index contributed by atoms with van der Waals surface area (Å²) < 4.78 is 0. The summed E-state index contributed by atoms with van der Waals surface area (Å²) in [4.78, 5) is 10.9. The van der Waals surface area contributed by atoms with Crippen molar-refractivity contribution in [2.24, 2.45) is 5.41 Å². The van der Waals surface area contributed by atoms with Gasteiger partial charge in [-0.05, 0) is 47.6 Å². The van der Waals surface area contributed by atoms with Crippen molar-refractivity contribution in [3.8, 4) is 0 Å². The number of nitro groups is 1. The first-order valence-electron chi connectivity index (χ1n) is 5.67. The van der Waals surface area contributed by atoms with Crippen molar-refractivity contribution in [1.82, 2.24) is 10.6 Å². The van der Waals surface area contributed by atoms with Gasteiger partial charge in [-0.25, -0.2) is 0 Å². The molecule has 0 saturated heterocycles. The van der Waals surface area contributed by atoms with Crippen LogP contribution < -0.4 is 10.6 Å². The molecule has 17 heavy (non-hydrogen) atoms.